The molecule has 0 spiro atoms. The van der Waals surface area contributed by atoms with Crippen molar-refractivity contribution in [1.29, 1.82) is 0 Å². The van der Waals surface area contributed by atoms with E-state index in [1.165, 1.54) is 18.2 Å². The van der Waals surface area contributed by atoms with Gasteiger partial charge in [-0.25, -0.2) is 8.78 Å². The molecule has 170 valence electrons. The largest absolute Gasteiger partial charge is 0.326 e. The van der Waals surface area contributed by atoms with Crippen LogP contribution < -0.4 is 10.6 Å². The van der Waals surface area contributed by atoms with Crippen molar-refractivity contribution in [3.63, 3.8) is 0 Å². The third-order valence-corrected chi connectivity index (χ3v) is 6.72. The molecule has 0 saturated heterocycles. The number of para-hydroxylation sites is 1. The zero-order chi connectivity index (χ0) is 23.9. The molecule has 2 N–H and O–H groups in total. The molecule has 10 heteroatoms. The number of carbonyl (C=O) groups excluding carboxylic acids is 2. The monoisotopic (exact) mass is 528 g/mol. The highest BCUT2D eigenvalue weighted by molar-refractivity contribution is 6.53. The number of halogens is 6. The average molecular weight is 530 g/mol. The van der Waals surface area contributed by atoms with Crippen molar-refractivity contribution in [2.75, 3.05) is 10.6 Å². The summed E-state index contributed by atoms with van der Waals surface area (Å²) in [5, 5.41) is 4.65. The Labute approximate surface area is 207 Å². The first-order valence-corrected chi connectivity index (χ1v) is 11.1. The number of benzene rings is 3. The number of rotatable bonds is 5. The second-order valence-corrected chi connectivity index (χ2v) is 9.69. The van der Waals surface area contributed by atoms with E-state index < -0.39 is 39.6 Å². The van der Waals surface area contributed by atoms with Crippen LogP contribution in [0.5, 0.6) is 0 Å². The van der Waals surface area contributed by atoms with Crippen LogP contribution in [0.2, 0.25) is 10.0 Å². The van der Waals surface area contributed by atoms with Gasteiger partial charge in [-0.1, -0.05) is 47.5 Å². The molecule has 1 saturated carbocycles. The molecular formula is C23H14Cl4F2N2O2. The molecule has 0 radical (unpaired) electrons. The number of amides is 2. The first-order valence-electron chi connectivity index (χ1n) is 9.58. The summed E-state index contributed by atoms with van der Waals surface area (Å²) in [4.78, 5) is 25.4. The van der Waals surface area contributed by atoms with E-state index in [-0.39, 0.29) is 21.3 Å². The Morgan fingerprint density at radius 2 is 1.55 bits per heavy atom. The molecule has 1 aliphatic carbocycles. The van der Waals surface area contributed by atoms with Gasteiger partial charge in [-0.2, -0.15) is 0 Å². The topological polar surface area (TPSA) is 58.2 Å². The molecular weight excluding hydrogens is 516 g/mol. The number of anilines is 2. The summed E-state index contributed by atoms with van der Waals surface area (Å²) in [7, 11) is 0. The van der Waals surface area contributed by atoms with Crippen molar-refractivity contribution in [3.05, 3.63) is 93.5 Å². The Kier molecular flexibility index (Phi) is 6.56. The summed E-state index contributed by atoms with van der Waals surface area (Å²) < 4.78 is 26.5. The van der Waals surface area contributed by atoms with E-state index in [2.05, 4.69) is 10.6 Å². The van der Waals surface area contributed by atoms with E-state index >= 15 is 0 Å². The molecule has 4 rings (SSSR count). The fourth-order valence-electron chi connectivity index (χ4n) is 3.54. The SMILES string of the molecule is O=C(Nc1ccccc1)c1cc(NC(=O)[C@H]2[C@H](c3ccc(F)c(Cl)c3)C2(Cl)Cl)cc(Cl)c1F. The van der Waals surface area contributed by atoms with E-state index in [9.17, 15) is 18.4 Å². The minimum atomic E-state index is -1.46. The van der Waals surface area contributed by atoms with Gasteiger partial charge >= 0.3 is 0 Å². The molecule has 2 atom stereocenters. The van der Waals surface area contributed by atoms with Crippen molar-refractivity contribution in [3.8, 4) is 0 Å². The maximum atomic E-state index is 14.5. The number of hydrogen-bond acceptors (Lipinski definition) is 2. The molecule has 0 unspecified atom stereocenters. The predicted octanol–water partition coefficient (Wildman–Crippen LogP) is 7.05. The molecule has 3 aromatic carbocycles. The number of nitrogens with one attached hydrogen (secondary N) is 2. The lowest BCUT2D eigenvalue weighted by Crippen LogP contribution is -2.19. The van der Waals surface area contributed by atoms with E-state index in [0.29, 0.717) is 11.3 Å². The first kappa shape index (κ1) is 23.8. The zero-order valence-corrected chi connectivity index (χ0v) is 19.5. The molecule has 33 heavy (non-hydrogen) atoms. The number of hydrogen-bond donors (Lipinski definition) is 2. The smallest absolute Gasteiger partial charge is 0.258 e. The van der Waals surface area contributed by atoms with Crippen LogP contribution in [0.15, 0.2) is 60.7 Å². The summed E-state index contributed by atoms with van der Waals surface area (Å²) in [6, 6.07) is 14.7. The average Bonchev–Trinajstić information content (AvgIpc) is 3.35. The van der Waals surface area contributed by atoms with Crippen LogP contribution in [0.25, 0.3) is 0 Å². The summed E-state index contributed by atoms with van der Waals surface area (Å²) in [6.45, 7) is 0. The highest BCUT2D eigenvalue weighted by Crippen LogP contribution is 2.65. The fourth-order valence-corrected chi connectivity index (χ4v) is 4.78. The molecule has 0 heterocycles. The summed E-state index contributed by atoms with van der Waals surface area (Å²) in [6.07, 6.45) is 0. The predicted molar refractivity (Wildman–Crippen MR) is 127 cm³/mol. The van der Waals surface area contributed by atoms with Crippen LogP contribution in [0.3, 0.4) is 0 Å². The Balaban J connectivity index is 1.54. The van der Waals surface area contributed by atoms with Gasteiger partial charge in [-0.15, -0.1) is 23.2 Å². The van der Waals surface area contributed by atoms with E-state index in [0.717, 1.165) is 12.1 Å². The standard InChI is InChI=1S/C23H14Cl4F2N2O2/c24-15-8-11(6-7-17(15)28)18-19(23(18,26)27)22(33)31-13-9-14(20(29)16(25)10-13)21(32)30-12-4-2-1-3-5-12/h1-10,18-19H,(H,30,32)(H,31,33)/t18-,19+/m0/s1. The normalized spacial score (nSPS) is 18.5. The minimum Gasteiger partial charge on any atom is -0.326 e. The van der Waals surface area contributed by atoms with Crippen molar-refractivity contribution >= 4 is 69.6 Å². The molecule has 2 amide bonds. The van der Waals surface area contributed by atoms with Crippen molar-refractivity contribution in [2.24, 2.45) is 5.92 Å². The molecule has 0 bridgehead atoms. The second-order valence-electron chi connectivity index (χ2n) is 7.43. The third-order valence-electron chi connectivity index (χ3n) is 5.21. The van der Waals surface area contributed by atoms with Gasteiger partial charge in [-0.3, -0.25) is 9.59 Å². The lowest BCUT2D eigenvalue weighted by molar-refractivity contribution is -0.117. The highest BCUT2D eigenvalue weighted by Gasteiger charge is 2.67. The van der Waals surface area contributed by atoms with Crippen molar-refractivity contribution < 1.29 is 18.4 Å². The van der Waals surface area contributed by atoms with Gasteiger partial charge in [-0.05, 0) is 42.0 Å². The van der Waals surface area contributed by atoms with E-state index in [1.54, 1.807) is 30.3 Å². The van der Waals surface area contributed by atoms with Crippen LogP contribution in [0.1, 0.15) is 21.8 Å². The zero-order valence-electron chi connectivity index (χ0n) is 16.5. The van der Waals surface area contributed by atoms with Crippen LogP contribution >= 0.6 is 46.4 Å². The Hall–Kier alpha value is -2.38. The molecule has 0 aliphatic heterocycles. The van der Waals surface area contributed by atoms with Gasteiger partial charge in [0.2, 0.25) is 5.91 Å². The van der Waals surface area contributed by atoms with E-state index in [1.807, 2.05) is 0 Å². The summed E-state index contributed by atoms with van der Waals surface area (Å²) >= 11 is 24.4. The van der Waals surface area contributed by atoms with Gasteiger partial charge in [0, 0.05) is 17.3 Å². The molecule has 3 aromatic rings. The first-order chi connectivity index (χ1) is 15.6. The maximum Gasteiger partial charge on any atom is 0.258 e. The molecule has 1 fully saturated rings. The van der Waals surface area contributed by atoms with Crippen LogP contribution in [0.4, 0.5) is 20.2 Å². The van der Waals surface area contributed by atoms with E-state index in [4.69, 9.17) is 46.4 Å². The van der Waals surface area contributed by atoms with Crippen LogP contribution in [0, 0.1) is 17.6 Å². The Morgan fingerprint density at radius 3 is 2.21 bits per heavy atom. The summed E-state index contributed by atoms with van der Waals surface area (Å²) in [5.41, 5.74) is 0.672. The lowest BCUT2D eigenvalue weighted by atomic mass is 10.1. The highest BCUT2D eigenvalue weighted by atomic mass is 35.5. The molecule has 0 aromatic heterocycles. The van der Waals surface area contributed by atoms with Gasteiger partial charge in [0.25, 0.3) is 5.91 Å². The lowest BCUT2D eigenvalue weighted by Gasteiger charge is -2.11. The summed E-state index contributed by atoms with van der Waals surface area (Å²) in [5.74, 6) is -4.41. The second kappa shape index (κ2) is 9.11. The van der Waals surface area contributed by atoms with Gasteiger partial charge in [0.05, 0.1) is 21.5 Å². The maximum absolute atomic E-state index is 14.5. The van der Waals surface area contributed by atoms with Gasteiger partial charge in [0.15, 0.2) is 5.82 Å². The molecule has 4 nitrogen and oxygen atoms in total. The Bertz CT molecular complexity index is 1250. The number of carbonyl (C=O) groups is 2. The minimum absolute atomic E-state index is 0.0801. The van der Waals surface area contributed by atoms with Crippen LogP contribution in [-0.2, 0) is 4.79 Å². The Morgan fingerprint density at radius 1 is 0.848 bits per heavy atom. The van der Waals surface area contributed by atoms with Crippen molar-refractivity contribution in [2.45, 2.75) is 10.3 Å². The third kappa shape index (κ3) is 4.80. The molecule has 1 aliphatic rings. The van der Waals surface area contributed by atoms with Gasteiger partial charge in [0.1, 0.15) is 10.2 Å². The van der Waals surface area contributed by atoms with Crippen LogP contribution in [-0.4, -0.2) is 16.1 Å². The van der Waals surface area contributed by atoms with Gasteiger partial charge < -0.3 is 10.6 Å². The number of alkyl halides is 2. The van der Waals surface area contributed by atoms with Crippen molar-refractivity contribution in [1.82, 2.24) is 0 Å². The quantitative estimate of drug-likeness (QED) is 0.348. The fraction of sp³-hybridized carbons (Fsp3) is 0.130.